The van der Waals surface area contributed by atoms with Crippen LogP contribution in [0.2, 0.25) is 0 Å². The molecule has 0 fully saturated rings. The van der Waals surface area contributed by atoms with Crippen molar-refractivity contribution >= 4 is 0 Å². The summed E-state index contributed by atoms with van der Waals surface area (Å²) >= 11 is 0. The summed E-state index contributed by atoms with van der Waals surface area (Å²) in [5.41, 5.74) is 7.21. The molecule has 0 saturated heterocycles. The standard InChI is InChI=1S/C14H16FN3O/c1-9-6-14(19)18(10(2)17-9)8-13(16)11-4-3-5-12(15)7-11/h3-7,13H,8,16H2,1-2H3. The molecular formula is C14H16FN3O. The van der Waals surface area contributed by atoms with Crippen LogP contribution in [0.5, 0.6) is 0 Å². The van der Waals surface area contributed by atoms with Gasteiger partial charge in [0.25, 0.3) is 5.56 Å². The first-order valence-electron chi connectivity index (χ1n) is 6.03. The third kappa shape index (κ3) is 3.06. The molecule has 1 aromatic heterocycles. The lowest BCUT2D eigenvalue weighted by atomic mass is 10.1. The van der Waals surface area contributed by atoms with Crippen LogP contribution in [0.1, 0.15) is 23.1 Å². The van der Waals surface area contributed by atoms with Gasteiger partial charge in [0.2, 0.25) is 0 Å². The first-order valence-corrected chi connectivity index (χ1v) is 6.03. The summed E-state index contributed by atoms with van der Waals surface area (Å²) < 4.78 is 14.6. The van der Waals surface area contributed by atoms with E-state index in [4.69, 9.17) is 5.73 Å². The molecule has 0 radical (unpaired) electrons. The molecule has 1 aromatic carbocycles. The summed E-state index contributed by atoms with van der Waals surface area (Å²) in [5, 5.41) is 0. The van der Waals surface area contributed by atoms with Crippen molar-refractivity contribution in [3.8, 4) is 0 Å². The van der Waals surface area contributed by atoms with Gasteiger partial charge in [0.15, 0.2) is 0 Å². The Morgan fingerprint density at radius 2 is 2.11 bits per heavy atom. The van der Waals surface area contributed by atoms with Gasteiger partial charge in [-0.15, -0.1) is 0 Å². The van der Waals surface area contributed by atoms with Crippen molar-refractivity contribution in [3.63, 3.8) is 0 Å². The highest BCUT2D eigenvalue weighted by Crippen LogP contribution is 2.13. The van der Waals surface area contributed by atoms with Crippen molar-refractivity contribution in [3.05, 3.63) is 63.6 Å². The van der Waals surface area contributed by atoms with Crippen LogP contribution < -0.4 is 11.3 Å². The maximum Gasteiger partial charge on any atom is 0.253 e. The summed E-state index contributed by atoms with van der Waals surface area (Å²) in [6, 6.07) is 7.11. The van der Waals surface area contributed by atoms with E-state index in [2.05, 4.69) is 4.98 Å². The lowest BCUT2D eigenvalue weighted by molar-refractivity contribution is 0.534. The SMILES string of the molecule is Cc1cc(=O)n(CC(N)c2cccc(F)c2)c(C)n1. The fraction of sp³-hybridized carbons (Fsp3) is 0.286. The first kappa shape index (κ1) is 13.4. The third-order valence-electron chi connectivity index (χ3n) is 2.98. The highest BCUT2D eigenvalue weighted by Gasteiger charge is 2.11. The van der Waals surface area contributed by atoms with Gasteiger partial charge in [0.1, 0.15) is 11.6 Å². The largest absolute Gasteiger partial charge is 0.322 e. The lowest BCUT2D eigenvalue weighted by Crippen LogP contribution is -2.29. The van der Waals surface area contributed by atoms with E-state index in [9.17, 15) is 9.18 Å². The number of rotatable bonds is 3. The zero-order valence-corrected chi connectivity index (χ0v) is 10.9. The highest BCUT2D eigenvalue weighted by molar-refractivity contribution is 5.20. The van der Waals surface area contributed by atoms with E-state index in [1.807, 2.05) is 0 Å². The van der Waals surface area contributed by atoms with Crippen molar-refractivity contribution in [1.29, 1.82) is 0 Å². The Bertz CT molecular complexity index is 651. The normalized spacial score (nSPS) is 12.4. The Kier molecular flexibility index (Phi) is 3.76. The molecule has 0 amide bonds. The van der Waals surface area contributed by atoms with Crippen molar-refractivity contribution in [2.24, 2.45) is 5.73 Å². The van der Waals surface area contributed by atoms with Crippen molar-refractivity contribution in [1.82, 2.24) is 9.55 Å². The monoisotopic (exact) mass is 261 g/mol. The summed E-state index contributed by atoms with van der Waals surface area (Å²) in [6.07, 6.45) is 0. The first-order chi connectivity index (χ1) is 8.97. The van der Waals surface area contributed by atoms with Gasteiger partial charge in [0, 0.05) is 24.3 Å². The summed E-state index contributed by atoms with van der Waals surface area (Å²) in [4.78, 5) is 16.1. The molecule has 2 N–H and O–H groups in total. The van der Waals surface area contributed by atoms with Crippen LogP contribution in [0.15, 0.2) is 35.1 Å². The van der Waals surface area contributed by atoms with E-state index in [1.165, 1.54) is 22.8 Å². The summed E-state index contributed by atoms with van der Waals surface area (Å²) in [6.45, 7) is 3.80. The van der Waals surface area contributed by atoms with Gasteiger partial charge < -0.3 is 5.73 Å². The molecule has 0 spiro atoms. The zero-order chi connectivity index (χ0) is 14.0. The number of hydrogen-bond acceptors (Lipinski definition) is 3. The van der Waals surface area contributed by atoms with E-state index in [-0.39, 0.29) is 17.9 Å². The number of aryl methyl sites for hydroxylation is 2. The van der Waals surface area contributed by atoms with E-state index in [1.54, 1.807) is 26.0 Å². The topological polar surface area (TPSA) is 60.9 Å². The molecule has 0 aliphatic rings. The molecule has 0 aliphatic carbocycles. The molecule has 19 heavy (non-hydrogen) atoms. The van der Waals surface area contributed by atoms with Crippen molar-refractivity contribution in [2.75, 3.05) is 0 Å². The number of benzene rings is 1. The van der Waals surface area contributed by atoms with Crippen LogP contribution in [-0.2, 0) is 6.54 Å². The molecule has 1 heterocycles. The minimum atomic E-state index is -0.448. The van der Waals surface area contributed by atoms with Crippen LogP contribution in [0, 0.1) is 19.7 Å². The average Bonchev–Trinajstić information content (AvgIpc) is 2.33. The predicted octanol–water partition coefficient (Wildman–Crippen LogP) is 1.70. The smallest absolute Gasteiger partial charge is 0.253 e. The fourth-order valence-electron chi connectivity index (χ4n) is 2.03. The van der Waals surface area contributed by atoms with Gasteiger partial charge in [-0.1, -0.05) is 12.1 Å². The van der Waals surface area contributed by atoms with E-state index < -0.39 is 6.04 Å². The number of nitrogens with two attached hydrogens (primary N) is 1. The molecular weight excluding hydrogens is 245 g/mol. The average molecular weight is 261 g/mol. The van der Waals surface area contributed by atoms with Gasteiger partial charge in [-0.2, -0.15) is 0 Å². The molecule has 4 nitrogen and oxygen atoms in total. The minimum Gasteiger partial charge on any atom is -0.322 e. The second-order valence-electron chi connectivity index (χ2n) is 4.56. The second kappa shape index (κ2) is 5.32. The van der Waals surface area contributed by atoms with E-state index in [0.717, 1.165) is 0 Å². The van der Waals surface area contributed by atoms with E-state index in [0.29, 0.717) is 17.1 Å². The zero-order valence-electron chi connectivity index (χ0n) is 10.9. The second-order valence-corrected chi connectivity index (χ2v) is 4.56. The van der Waals surface area contributed by atoms with Crippen LogP contribution >= 0.6 is 0 Å². The predicted molar refractivity (Wildman–Crippen MR) is 71.3 cm³/mol. The Balaban J connectivity index is 2.29. The highest BCUT2D eigenvalue weighted by atomic mass is 19.1. The number of halogens is 1. The van der Waals surface area contributed by atoms with Gasteiger partial charge in [-0.25, -0.2) is 9.37 Å². The lowest BCUT2D eigenvalue weighted by Gasteiger charge is -2.16. The Hall–Kier alpha value is -2.01. The van der Waals surface area contributed by atoms with Crippen LogP contribution in [0.25, 0.3) is 0 Å². The molecule has 100 valence electrons. The van der Waals surface area contributed by atoms with Crippen LogP contribution in [0.4, 0.5) is 4.39 Å². The maximum absolute atomic E-state index is 13.1. The number of hydrogen-bond donors (Lipinski definition) is 1. The number of nitrogens with zero attached hydrogens (tertiary/aromatic N) is 2. The van der Waals surface area contributed by atoms with Gasteiger partial charge >= 0.3 is 0 Å². The molecule has 5 heteroatoms. The molecule has 2 rings (SSSR count). The molecule has 1 unspecified atom stereocenters. The summed E-state index contributed by atoms with van der Waals surface area (Å²) in [7, 11) is 0. The van der Waals surface area contributed by atoms with Crippen molar-refractivity contribution in [2.45, 2.75) is 26.4 Å². The number of aromatic nitrogens is 2. The Morgan fingerprint density at radius 3 is 2.74 bits per heavy atom. The molecule has 0 bridgehead atoms. The van der Waals surface area contributed by atoms with Crippen molar-refractivity contribution < 1.29 is 4.39 Å². The minimum absolute atomic E-state index is 0.142. The van der Waals surface area contributed by atoms with Gasteiger partial charge in [-0.3, -0.25) is 9.36 Å². The molecule has 0 saturated carbocycles. The van der Waals surface area contributed by atoms with E-state index >= 15 is 0 Å². The quantitative estimate of drug-likeness (QED) is 0.914. The Morgan fingerprint density at radius 1 is 1.37 bits per heavy atom. The summed E-state index contributed by atoms with van der Waals surface area (Å²) in [5.74, 6) is 0.274. The van der Waals surface area contributed by atoms with Gasteiger partial charge in [0.05, 0.1) is 0 Å². The fourth-order valence-corrected chi connectivity index (χ4v) is 2.03. The van der Waals surface area contributed by atoms with Gasteiger partial charge in [-0.05, 0) is 31.5 Å². The molecule has 2 aromatic rings. The Labute approximate surface area is 110 Å². The molecule has 0 aliphatic heterocycles. The maximum atomic E-state index is 13.1. The molecule has 1 atom stereocenters. The van der Waals surface area contributed by atoms with Crippen LogP contribution in [0.3, 0.4) is 0 Å². The van der Waals surface area contributed by atoms with Crippen LogP contribution in [-0.4, -0.2) is 9.55 Å². The third-order valence-corrected chi connectivity index (χ3v) is 2.98.